The minimum Gasteiger partial charge on any atom is -0.497 e. The number of esters is 1. The van der Waals surface area contributed by atoms with E-state index in [2.05, 4.69) is 10.6 Å². The lowest BCUT2D eigenvalue weighted by Gasteiger charge is -2.07. The zero-order valence-corrected chi connectivity index (χ0v) is 14.8. The molecule has 8 nitrogen and oxygen atoms in total. The van der Waals surface area contributed by atoms with Crippen LogP contribution < -0.4 is 15.4 Å². The smallest absolute Gasteiger partial charge is 0.321 e. The third-order valence-corrected chi connectivity index (χ3v) is 4.02. The molecule has 9 heteroatoms. The van der Waals surface area contributed by atoms with Crippen LogP contribution in [0.25, 0.3) is 0 Å². The lowest BCUT2D eigenvalue weighted by Crippen LogP contribution is -2.41. The molecule has 1 aromatic carbocycles. The van der Waals surface area contributed by atoms with E-state index in [4.69, 9.17) is 13.9 Å². The average molecular weight is 378 g/mol. The molecular weight excluding hydrogens is 360 g/mol. The van der Waals surface area contributed by atoms with Gasteiger partial charge < -0.3 is 19.2 Å². The first-order chi connectivity index (χ1) is 12.6. The van der Waals surface area contributed by atoms with Gasteiger partial charge in [-0.25, -0.2) is 4.79 Å². The van der Waals surface area contributed by atoms with E-state index >= 15 is 0 Å². The molecule has 2 N–H and O–H groups in total. The number of thioether (sulfide) groups is 1. The first-order valence-corrected chi connectivity index (χ1v) is 8.58. The van der Waals surface area contributed by atoms with Crippen LogP contribution in [0.4, 0.5) is 4.79 Å². The number of rotatable bonds is 8. The van der Waals surface area contributed by atoms with Crippen molar-refractivity contribution in [2.45, 2.75) is 11.4 Å². The number of methoxy groups -OCH3 is 1. The fourth-order valence-corrected chi connectivity index (χ4v) is 2.49. The van der Waals surface area contributed by atoms with Crippen molar-refractivity contribution in [3.63, 3.8) is 0 Å². The van der Waals surface area contributed by atoms with Crippen molar-refractivity contribution < 1.29 is 28.3 Å². The van der Waals surface area contributed by atoms with Crippen molar-refractivity contribution >= 4 is 29.7 Å². The molecule has 1 aromatic heterocycles. The van der Waals surface area contributed by atoms with Gasteiger partial charge in [-0.05, 0) is 36.4 Å². The Labute approximate surface area is 154 Å². The summed E-state index contributed by atoms with van der Waals surface area (Å²) in [7, 11) is 1.57. The largest absolute Gasteiger partial charge is 0.497 e. The lowest BCUT2D eigenvalue weighted by molar-refractivity contribution is -0.145. The second-order valence-electron chi connectivity index (χ2n) is 4.94. The SMILES string of the molecule is COc1ccc(SCC(=O)OCC(=O)NC(=O)NCc2ccco2)cc1. The monoisotopic (exact) mass is 378 g/mol. The molecule has 138 valence electrons. The Morgan fingerprint density at radius 3 is 2.58 bits per heavy atom. The van der Waals surface area contributed by atoms with Crippen molar-refractivity contribution in [1.82, 2.24) is 10.6 Å². The second kappa shape index (κ2) is 10.1. The third kappa shape index (κ3) is 6.89. The van der Waals surface area contributed by atoms with Crippen LogP contribution in [-0.4, -0.2) is 37.4 Å². The number of carbonyl (C=O) groups excluding carboxylic acids is 3. The number of ether oxygens (including phenoxy) is 2. The molecule has 0 spiro atoms. The summed E-state index contributed by atoms with van der Waals surface area (Å²) in [6, 6.07) is 9.85. The van der Waals surface area contributed by atoms with Gasteiger partial charge in [0.2, 0.25) is 0 Å². The number of benzene rings is 1. The van der Waals surface area contributed by atoms with Crippen molar-refractivity contribution in [3.8, 4) is 5.75 Å². The summed E-state index contributed by atoms with van der Waals surface area (Å²) in [5, 5.41) is 4.50. The Kier molecular flexibility index (Phi) is 7.56. The molecule has 0 aliphatic carbocycles. The van der Waals surface area contributed by atoms with E-state index in [0.717, 1.165) is 10.6 Å². The fourth-order valence-electron chi connectivity index (χ4n) is 1.79. The molecule has 0 bridgehead atoms. The number of imide groups is 1. The molecular formula is C17H18N2O6S. The van der Waals surface area contributed by atoms with Crippen LogP contribution in [0.2, 0.25) is 0 Å². The van der Waals surface area contributed by atoms with Gasteiger partial charge in [0.05, 0.1) is 25.7 Å². The van der Waals surface area contributed by atoms with Crippen molar-refractivity contribution in [2.75, 3.05) is 19.5 Å². The zero-order chi connectivity index (χ0) is 18.8. The normalized spacial score (nSPS) is 10.0. The number of furan rings is 1. The maximum absolute atomic E-state index is 11.7. The Hall–Kier alpha value is -2.94. The molecule has 0 unspecified atom stereocenters. The number of hydrogen-bond donors (Lipinski definition) is 2. The summed E-state index contributed by atoms with van der Waals surface area (Å²) in [5.41, 5.74) is 0. The zero-order valence-electron chi connectivity index (χ0n) is 14.0. The summed E-state index contributed by atoms with van der Waals surface area (Å²) < 4.78 is 14.9. The molecule has 0 aliphatic rings. The standard InChI is InChI=1S/C17H18N2O6S/c1-23-12-4-6-14(7-5-12)26-11-16(21)25-10-15(20)19-17(22)18-9-13-3-2-8-24-13/h2-8H,9-11H2,1H3,(H2,18,19,20,22). The highest BCUT2D eigenvalue weighted by molar-refractivity contribution is 8.00. The number of amides is 3. The molecule has 1 heterocycles. The summed E-state index contributed by atoms with van der Waals surface area (Å²) in [4.78, 5) is 35.6. The summed E-state index contributed by atoms with van der Waals surface area (Å²) in [6.07, 6.45) is 1.48. The van der Waals surface area contributed by atoms with Crippen LogP contribution >= 0.6 is 11.8 Å². The van der Waals surface area contributed by atoms with Gasteiger partial charge in [0.1, 0.15) is 11.5 Å². The topological polar surface area (TPSA) is 107 Å². The van der Waals surface area contributed by atoms with E-state index in [9.17, 15) is 14.4 Å². The van der Waals surface area contributed by atoms with E-state index in [1.54, 1.807) is 31.4 Å². The molecule has 0 saturated heterocycles. The summed E-state index contributed by atoms with van der Waals surface area (Å²) in [5.74, 6) is 0.0415. The maximum atomic E-state index is 11.7. The van der Waals surface area contributed by atoms with Gasteiger partial charge in [0, 0.05) is 4.90 Å². The van der Waals surface area contributed by atoms with Crippen LogP contribution in [-0.2, 0) is 20.9 Å². The minimum atomic E-state index is -0.718. The predicted octanol–water partition coefficient (Wildman–Crippen LogP) is 1.95. The van der Waals surface area contributed by atoms with Crippen molar-refractivity contribution in [3.05, 3.63) is 48.4 Å². The molecule has 2 rings (SSSR count). The van der Waals surface area contributed by atoms with Crippen molar-refractivity contribution in [1.29, 1.82) is 0 Å². The molecule has 0 saturated carbocycles. The Morgan fingerprint density at radius 2 is 1.92 bits per heavy atom. The van der Waals surface area contributed by atoms with Crippen molar-refractivity contribution in [2.24, 2.45) is 0 Å². The van der Waals surface area contributed by atoms with Gasteiger partial charge in [0.25, 0.3) is 5.91 Å². The highest BCUT2D eigenvalue weighted by atomic mass is 32.2. The number of carbonyl (C=O) groups is 3. The van der Waals surface area contributed by atoms with E-state index in [0.29, 0.717) is 5.76 Å². The van der Waals surface area contributed by atoms with Gasteiger partial charge >= 0.3 is 12.0 Å². The van der Waals surface area contributed by atoms with E-state index in [1.165, 1.54) is 18.0 Å². The molecule has 26 heavy (non-hydrogen) atoms. The second-order valence-corrected chi connectivity index (χ2v) is 5.98. The minimum absolute atomic E-state index is 0.0459. The number of urea groups is 1. The van der Waals surface area contributed by atoms with E-state index in [-0.39, 0.29) is 12.3 Å². The van der Waals surface area contributed by atoms with Gasteiger partial charge in [-0.15, -0.1) is 11.8 Å². The molecule has 3 amide bonds. The van der Waals surface area contributed by atoms with Crippen LogP contribution in [0.1, 0.15) is 5.76 Å². The van der Waals surface area contributed by atoms with Gasteiger partial charge in [-0.2, -0.15) is 0 Å². The first-order valence-electron chi connectivity index (χ1n) is 7.59. The first kappa shape index (κ1) is 19.4. The Bertz CT molecular complexity index is 730. The highest BCUT2D eigenvalue weighted by Crippen LogP contribution is 2.21. The predicted molar refractivity (Wildman–Crippen MR) is 93.8 cm³/mol. The Morgan fingerprint density at radius 1 is 1.15 bits per heavy atom. The van der Waals surface area contributed by atoms with Crippen LogP contribution in [0.3, 0.4) is 0 Å². The van der Waals surface area contributed by atoms with Crippen LogP contribution in [0.15, 0.2) is 52.0 Å². The number of hydrogen-bond acceptors (Lipinski definition) is 7. The molecule has 0 radical (unpaired) electrons. The summed E-state index contributed by atoms with van der Waals surface area (Å²) in [6.45, 7) is -0.388. The Balaban J connectivity index is 1.61. The van der Waals surface area contributed by atoms with Gasteiger partial charge in [0.15, 0.2) is 6.61 Å². The molecule has 0 atom stereocenters. The molecule has 0 aliphatic heterocycles. The van der Waals surface area contributed by atoms with Crippen LogP contribution in [0, 0.1) is 0 Å². The third-order valence-electron chi connectivity index (χ3n) is 3.04. The van der Waals surface area contributed by atoms with E-state index in [1.807, 2.05) is 12.1 Å². The van der Waals surface area contributed by atoms with Gasteiger partial charge in [-0.1, -0.05) is 0 Å². The van der Waals surface area contributed by atoms with Crippen LogP contribution in [0.5, 0.6) is 5.75 Å². The molecule has 0 fully saturated rings. The number of nitrogens with one attached hydrogen (secondary N) is 2. The van der Waals surface area contributed by atoms with Gasteiger partial charge in [-0.3, -0.25) is 14.9 Å². The lowest BCUT2D eigenvalue weighted by atomic mass is 10.3. The molecule has 2 aromatic rings. The summed E-state index contributed by atoms with van der Waals surface area (Å²) >= 11 is 1.27. The fraction of sp³-hybridized carbons (Fsp3) is 0.235. The maximum Gasteiger partial charge on any atom is 0.321 e. The highest BCUT2D eigenvalue weighted by Gasteiger charge is 2.11. The quantitative estimate of drug-likeness (QED) is 0.534. The van der Waals surface area contributed by atoms with E-state index < -0.39 is 24.5 Å². The average Bonchev–Trinajstić information content (AvgIpc) is 3.17.